The number of nitrogens with zero attached hydrogens (tertiary/aromatic N) is 2. The Morgan fingerprint density at radius 1 is 1.44 bits per heavy atom. The van der Waals surface area contributed by atoms with Gasteiger partial charge in [-0.2, -0.15) is 5.10 Å². The molecule has 1 aromatic rings. The Bertz CT molecular complexity index is 339. The van der Waals surface area contributed by atoms with Gasteiger partial charge in [-0.15, -0.1) is 11.8 Å². The second-order valence-corrected chi connectivity index (χ2v) is 7.27. The SMILES string of the molecule is CC(C)Cn1nc(CSC(C)(C)C)cc1O. The Kier molecular flexibility index (Phi) is 4.30. The van der Waals surface area contributed by atoms with Crippen LogP contribution in [0.4, 0.5) is 0 Å². The number of thioether (sulfide) groups is 1. The van der Waals surface area contributed by atoms with Crippen molar-refractivity contribution in [1.82, 2.24) is 9.78 Å². The van der Waals surface area contributed by atoms with E-state index in [1.54, 1.807) is 10.7 Å². The van der Waals surface area contributed by atoms with E-state index >= 15 is 0 Å². The fourth-order valence-electron chi connectivity index (χ4n) is 1.30. The third-order valence-corrected chi connectivity index (χ3v) is 3.31. The van der Waals surface area contributed by atoms with E-state index in [4.69, 9.17) is 0 Å². The summed E-state index contributed by atoms with van der Waals surface area (Å²) in [6.45, 7) is 11.6. The van der Waals surface area contributed by atoms with Gasteiger partial charge in [0, 0.05) is 23.1 Å². The van der Waals surface area contributed by atoms with Crippen LogP contribution in [0.25, 0.3) is 0 Å². The highest BCUT2D eigenvalue weighted by atomic mass is 32.2. The van der Waals surface area contributed by atoms with Crippen LogP contribution in [0.15, 0.2) is 6.07 Å². The maximum absolute atomic E-state index is 9.70. The molecule has 0 aliphatic rings. The monoisotopic (exact) mass is 242 g/mol. The molecule has 0 unspecified atom stereocenters. The van der Waals surface area contributed by atoms with Crippen LogP contribution in [0.3, 0.4) is 0 Å². The summed E-state index contributed by atoms with van der Waals surface area (Å²) in [4.78, 5) is 0. The van der Waals surface area contributed by atoms with E-state index in [9.17, 15) is 5.11 Å². The lowest BCUT2D eigenvalue weighted by atomic mass is 10.2. The first-order valence-electron chi connectivity index (χ1n) is 5.67. The van der Waals surface area contributed by atoms with Gasteiger partial charge in [-0.25, -0.2) is 4.68 Å². The second kappa shape index (κ2) is 5.13. The maximum Gasteiger partial charge on any atom is 0.209 e. The number of hydrogen-bond donors (Lipinski definition) is 1. The van der Waals surface area contributed by atoms with Crippen LogP contribution in [0.2, 0.25) is 0 Å². The molecule has 0 fully saturated rings. The van der Waals surface area contributed by atoms with Crippen LogP contribution in [0.1, 0.15) is 40.3 Å². The number of aromatic nitrogens is 2. The highest BCUT2D eigenvalue weighted by molar-refractivity contribution is 7.99. The predicted octanol–water partition coefficient (Wildman–Crippen LogP) is 3.28. The summed E-state index contributed by atoms with van der Waals surface area (Å²) in [6.07, 6.45) is 0. The molecule has 0 spiro atoms. The molecule has 0 amide bonds. The van der Waals surface area contributed by atoms with Crippen LogP contribution in [0, 0.1) is 5.92 Å². The molecule has 0 aromatic carbocycles. The van der Waals surface area contributed by atoms with Crippen molar-refractivity contribution < 1.29 is 5.11 Å². The van der Waals surface area contributed by atoms with Crippen molar-refractivity contribution in [2.75, 3.05) is 0 Å². The van der Waals surface area contributed by atoms with Crippen molar-refractivity contribution in [3.05, 3.63) is 11.8 Å². The zero-order valence-electron chi connectivity index (χ0n) is 10.8. The molecule has 1 aromatic heterocycles. The van der Waals surface area contributed by atoms with Crippen LogP contribution >= 0.6 is 11.8 Å². The first kappa shape index (κ1) is 13.4. The van der Waals surface area contributed by atoms with Crippen molar-refractivity contribution >= 4 is 11.8 Å². The smallest absolute Gasteiger partial charge is 0.209 e. The van der Waals surface area contributed by atoms with Crippen molar-refractivity contribution in [3.63, 3.8) is 0 Å². The molecule has 0 atom stereocenters. The van der Waals surface area contributed by atoms with Gasteiger partial charge in [-0.1, -0.05) is 34.6 Å². The fourth-order valence-corrected chi connectivity index (χ4v) is 2.02. The van der Waals surface area contributed by atoms with E-state index < -0.39 is 0 Å². The predicted molar refractivity (Wildman–Crippen MR) is 69.8 cm³/mol. The van der Waals surface area contributed by atoms with Crippen LogP contribution in [0.5, 0.6) is 5.88 Å². The molecule has 0 radical (unpaired) electrons. The topological polar surface area (TPSA) is 38.0 Å². The molecule has 1 N–H and O–H groups in total. The quantitative estimate of drug-likeness (QED) is 0.880. The molecule has 0 aliphatic heterocycles. The van der Waals surface area contributed by atoms with Gasteiger partial charge in [-0.05, 0) is 5.92 Å². The van der Waals surface area contributed by atoms with E-state index in [1.807, 2.05) is 11.8 Å². The maximum atomic E-state index is 9.70. The zero-order valence-corrected chi connectivity index (χ0v) is 11.6. The van der Waals surface area contributed by atoms with Crippen molar-refractivity contribution in [2.45, 2.75) is 51.7 Å². The summed E-state index contributed by atoms with van der Waals surface area (Å²) in [7, 11) is 0. The Hall–Kier alpha value is -0.640. The molecular weight excluding hydrogens is 220 g/mol. The standard InChI is InChI=1S/C12H22N2OS/c1-9(2)7-14-11(15)6-10(13-14)8-16-12(3,4)5/h6,9,15H,7-8H2,1-5H3. The summed E-state index contributed by atoms with van der Waals surface area (Å²) in [6, 6.07) is 1.76. The van der Waals surface area contributed by atoms with E-state index in [0.717, 1.165) is 18.0 Å². The Balaban J connectivity index is 2.62. The van der Waals surface area contributed by atoms with Crippen LogP contribution in [-0.4, -0.2) is 19.6 Å². The minimum atomic E-state index is 0.234. The summed E-state index contributed by atoms with van der Waals surface area (Å²) in [5.41, 5.74) is 0.957. The van der Waals surface area contributed by atoms with Crippen LogP contribution < -0.4 is 0 Å². The molecule has 1 heterocycles. The summed E-state index contributed by atoms with van der Waals surface area (Å²) >= 11 is 1.84. The van der Waals surface area contributed by atoms with Crippen molar-refractivity contribution in [3.8, 4) is 5.88 Å². The molecule has 0 bridgehead atoms. The van der Waals surface area contributed by atoms with Crippen molar-refractivity contribution in [2.24, 2.45) is 5.92 Å². The Morgan fingerprint density at radius 3 is 2.56 bits per heavy atom. The van der Waals surface area contributed by atoms with E-state index in [0.29, 0.717) is 5.92 Å². The summed E-state index contributed by atoms with van der Waals surface area (Å²) < 4.78 is 1.92. The minimum absolute atomic E-state index is 0.234. The lowest BCUT2D eigenvalue weighted by Crippen LogP contribution is -2.08. The first-order chi connectivity index (χ1) is 7.28. The minimum Gasteiger partial charge on any atom is -0.493 e. The van der Waals surface area contributed by atoms with E-state index in [2.05, 4.69) is 39.7 Å². The molecule has 1 rings (SSSR count). The van der Waals surface area contributed by atoms with Gasteiger partial charge in [0.25, 0.3) is 0 Å². The average molecular weight is 242 g/mol. The molecule has 0 aliphatic carbocycles. The molecule has 92 valence electrons. The molecule has 0 saturated heterocycles. The molecule has 4 heteroatoms. The van der Waals surface area contributed by atoms with Gasteiger partial charge in [0.05, 0.1) is 5.69 Å². The zero-order chi connectivity index (χ0) is 12.3. The lowest BCUT2D eigenvalue weighted by molar-refractivity contribution is 0.371. The van der Waals surface area contributed by atoms with Gasteiger partial charge >= 0.3 is 0 Å². The normalized spacial score (nSPS) is 12.4. The number of hydrogen-bond acceptors (Lipinski definition) is 3. The lowest BCUT2D eigenvalue weighted by Gasteiger charge is -2.16. The largest absolute Gasteiger partial charge is 0.493 e. The Morgan fingerprint density at radius 2 is 2.06 bits per heavy atom. The third-order valence-electron chi connectivity index (χ3n) is 2.00. The fraction of sp³-hybridized carbons (Fsp3) is 0.750. The Labute approximate surface area is 102 Å². The third kappa shape index (κ3) is 4.47. The van der Waals surface area contributed by atoms with Crippen molar-refractivity contribution in [1.29, 1.82) is 0 Å². The average Bonchev–Trinajstić information content (AvgIpc) is 2.42. The second-order valence-electron chi connectivity index (χ2n) is 5.47. The molecular formula is C12H22N2OS. The highest BCUT2D eigenvalue weighted by Gasteiger charge is 2.13. The summed E-state index contributed by atoms with van der Waals surface area (Å²) in [5.74, 6) is 1.62. The van der Waals surface area contributed by atoms with Gasteiger partial charge < -0.3 is 5.11 Å². The number of rotatable bonds is 4. The summed E-state index contributed by atoms with van der Waals surface area (Å²) in [5, 5.41) is 14.1. The van der Waals surface area contributed by atoms with Crippen LogP contribution in [-0.2, 0) is 12.3 Å². The van der Waals surface area contributed by atoms with E-state index in [-0.39, 0.29) is 10.6 Å². The highest BCUT2D eigenvalue weighted by Crippen LogP contribution is 2.27. The number of aromatic hydroxyl groups is 1. The molecule has 16 heavy (non-hydrogen) atoms. The molecule has 0 saturated carbocycles. The van der Waals surface area contributed by atoms with Gasteiger partial charge in [0.2, 0.25) is 5.88 Å². The van der Waals surface area contributed by atoms with Gasteiger partial charge in [-0.3, -0.25) is 0 Å². The van der Waals surface area contributed by atoms with Gasteiger partial charge in [0.15, 0.2) is 0 Å². The first-order valence-corrected chi connectivity index (χ1v) is 6.66. The molecule has 3 nitrogen and oxygen atoms in total. The van der Waals surface area contributed by atoms with E-state index in [1.165, 1.54) is 0 Å². The van der Waals surface area contributed by atoms with Gasteiger partial charge in [0.1, 0.15) is 0 Å².